The number of amides is 1. The Kier molecular flexibility index (Phi) is 2.94. The van der Waals surface area contributed by atoms with Crippen LogP contribution in [0.4, 0.5) is 4.39 Å². The molecule has 1 aliphatic rings. The summed E-state index contributed by atoms with van der Waals surface area (Å²) in [4.78, 5) is 21.2. The molecule has 1 aromatic heterocycles. The molecule has 0 radical (unpaired) electrons. The highest BCUT2D eigenvalue weighted by atomic mass is 19.1. The van der Waals surface area contributed by atoms with Crippen LogP contribution in [0.5, 0.6) is 0 Å². The second-order valence-electron chi connectivity index (χ2n) is 4.86. The number of halogens is 1. The molecule has 1 fully saturated rings. The Morgan fingerprint density at radius 3 is 3.16 bits per heavy atom. The van der Waals surface area contributed by atoms with Crippen LogP contribution >= 0.6 is 0 Å². The number of fused-ring (bicyclic) bond motifs is 1. The first-order chi connectivity index (χ1) is 9.15. The van der Waals surface area contributed by atoms with Gasteiger partial charge in [0.15, 0.2) is 0 Å². The van der Waals surface area contributed by atoms with E-state index in [0.717, 1.165) is 6.54 Å². The number of aromatic amines is 1. The van der Waals surface area contributed by atoms with E-state index in [4.69, 9.17) is 0 Å². The fourth-order valence-corrected chi connectivity index (χ4v) is 2.46. The van der Waals surface area contributed by atoms with E-state index in [1.54, 1.807) is 4.90 Å². The first-order valence-electron chi connectivity index (χ1n) is 6.30. The van der Waals surface area contributed by atoms with Crippen molar-refractivity contribution in [1.82, 2.24) is 20.2 Å². The summed E-state index contributed by atoms with van der Waals surface area (Å²) in [7, 11) is 0. The van der Waals surface area contributed by atoms with Crippen LogP contribution in [0.15, 0.2) is 18.5 Å². The molecule has 0 saturated carbocycles. The predicted molar refractivity (Wildman–Crippen MR) is 69.4 cm³/mol. The maximum atomic E-state index is 13.5. The van der Waals surface area contributed by atoms with Gasteiger partial charge in [0.25, 0.3) is 5.91 Å². The minimum atomic E-state index is -0.428. The van der Waals surface area contributed by atoms with Crippen molar-refractivity contribution in [2.24, 2.45) is 0 Å². The minimum Gasteiger partial charge on any atom is -0.344 e. The van der Waals surface area contributed by atoms with Crippen LogP contribution in [-0.2, 0) is 0 Å². The predicted octanol–water partition coefficient (Wildman–Crippen LogP) is 1.14. The molecular formula is C13H15FN4O. The third kappa shape index (κ3) is 2.19. The zero-order chi connectivity index (χ0) is 13.4. The topological polar surface area (TPSA) is 61.0 Å². The van der Waals surface area contributed by atoms with Crippen LogP contribution in [0, 0.1) is 5.82 Å². The molecular weight excluding hydrogens is 247 g/mol. The fraction of sp³-hybridized carbons (Fsp3) is 0.385. The van der Waals surface area contributed by atoms with Crippen molar-refractivity contribution in [3.63, 3.8) is 0 Å². The zero-order valence-corrected chi connectivity index (χ0v) is 10.6. The third-order valence-electron chi connectivity index (χ3n) is 3.37. The second kappa shape index (κ2) is 4.62. The van der Waals surface area contributed by atoms with E-state index in [1.165, 1.54) is 18.5 Å². The van der Waals surface area contributed by atoms with Crippen molar-refractivity contribution in [1.29, 1.82) is 0 Å². The normalized spacial score (nSPS) is 19.9. The van der Waals surface area contributed by atoms with Crippen molar-refractivity contribution < 1.29 is 9.18 Å². The number of carbonyl (C=O) groups excluding carboxylic acids is 1. The molecule has 1 amide bonds. The molecule has 1 saturated heterocycles. The number of benzene rings is 1. The average Bonchev–Trinajstić information content (AvgIpc) is 2.85. The molecule has 2 N–H and O–H groups in total. The number of aromatic nitrogens is 2. The molecule has 2 aromatic rings. The summed E-state index contributed by atoms with van der Waals surface area (Å²) in [6.45, 7) is 4.04. The number of H-pyrrole nitrogens is 1. The van der Waals surface area contributed by atoms with Crippen LogP contribution in [-0.4, -0.2) is 46.5 Å². The van der Waals surface area contributed by atoms with Crippen LogP contribution in [0.2, 0.25) is 0 Å². The molecule has 5 nitrogen and oxygen atoms in total. The molecule has 3 rings (SSSR count). The Bertz CT molecular complexity index is 624. The highest BCUT2D eigenvalue weighted by molar-refractivity contribution is 6.04. The maximum Gasteiger partial charge on any atom is 0.256 e. The SMILES string of the molecule is CC1CN(C(=O)c2cc(F)cc3[nH]cnc23)CCN1. The summed E-state index contributed by atoms with van der Waals surface area (Å²) >= 11 is 0. The van der Waals surface area contributed by atoms with Gasteiger partial charge in [-0.05, 0) is 19.1 Å². The molecule has 1 unspecified atom stereocenters. The van der Waals surface area contributed by atoms with Gasteiger partial charge in [0.1, 0.15) is 11.3 Å². The van der Waals surface area contributed by atoms with E-state index in [0.29, 0.717) is 29.7 Å². The lowest BCUT2D eigenvalue weighted by Crippen LogP contribution is -2.51. The number of imidazole rings is 1. The van der Waals surface area contributed by atoms with Gasteiger partial charge < -0.3 is 15.2 Å². The van der Waals surface area contributed by atoms with E-state index in [-0.39, 0.29) is 11.9 Å². The van der Waals surface area contributed by atoms with Crippen LogP contribution in [0.25, 0.3) is 11.0 Å². The van der Waals surface area contributed by atoms with E-state index < -0.39 is 5.82 Å². The number of carbonyl (C=O) groups is 1. The number of rotatable bonds is 1. The van der Waals surface area contributed by atoms with Crippen molar-refractivity contribution in [3.8, 4) is 0 Å². The fourth-order valence-electron chi connectivity index (χ4n) is 2.46. The molecule has 1 atom stereocenters. The molecule has 6 heteroatoms. The third-order valence-corrected chi connectivity index (χ3v) is 3.37. The zero-order valence-electron chi connectivity index (χ0n) is 10.6. The van der Waals surface area contributed by atoms with Crippen LogP contribution in [0.3, 0.4) is 0 Å². The summed E-state index contributed by atoms with van der Waals surface area (Å²) in [5.41, 5.74) is 1.40. The van der Waals surface area contributed by atoms with Crippen molar-refractivity contribution >= 4 is 16.9 Å². The number of piperazine rings is 1. The van der Waals surface area contributed by atoms with Crippen molar-refractivity contribution in [2.75, 3.05) is 19.6 Å². The highest BCUT2D eigenvalue weighted by Gasteiger charge is 2.24. The average molecular weight is 262 g/mol. The van der Waals surface area contributed by atoms with Crippen molar-refractivity contribution in [3.05, 3.63) is 29.8 Å². The van der Waals surface area contributed by atoms with Gasteiger partial charge in [-0.15, -0.1) is 0 Å². The van der Waals surface area contributed by atoms with Gasteiger partial charge in [-0.25, -0.2) is 9.37 Å². The van der Waals surface area contributed by atoms with Gasteiger partial charge >= 0.3 is 0 Å². The van der Waals surface area contributed by atoms with Gasteiger partial charge in [-0.1, -0.05) is 0 Å². The summed E-state index contributed by atoms with van der Waals surface area (Å²) < 4.78 is 13.5. The standard InChI is InChI=1S/C13H15FN4O/c1-8-6-18(3-2-15-8)13(19)10-4-9(14)5-11-12(10)17-7-16-11/h4-5,7-8,15H,2-3,6H2,1H3,(H,16,17). The summed E-state index contributed by atoms with van der Waals surface area (Å²) in [6.07, 6.45) is 1.47. The maximum absolute atomic E-state index is 13.5. The molecule has 0 bridgehead atoms. The Balaban J connectivity index is 1.99. The number of hydrogen-bond acceptors (Lipinski definition) is 3. The lowest BCUT2D eigenvalue weighted by Gasteiger charge is -2.32. The Labute approximate surface area is 109 Å². The number of nitrogens with zero attached hydrogens (tertiary/aromatic N) is 2. The second-order valence-corrected chi connectivity index (χ2v) is 4.86. The Hall–Kier alpha value is -1.95. The van der Waals surface area contributed by atoms with E-state index in [2.05, 4.69) is 15.3 Å². The highest BCUT2D eigenvalue weighted by Crippen LogP contribution is 2.19. The van der Waals surface area contributed by atoms with Gasteiger partial charge in [-0.2, -0.15) is 0 Å². The van der Waals surface area contributed by atoms with Crippen LogP contribution < -0.4 is 5.32 Å². The Morgan fingerprint density at radius 2 is 2.37 bits per heavy atom. The number of hydrogen-bond donors (Lipinski definition) is 2. The number of nitrogens with one attached hydrogen (secondary N) is 2. The minimum absolute atomic E-state index is 0.162. The lowest BCUT2D eigenvalue weighted by molar-refractivity contribution is 0.0710. The summed E-state index contributed by atoms with van der Waals surface area (Å²) in [6, 6.07) is 2.86. The van der Waals surface area contributed by atoms with E-state index in [9.17, 15) is 9.18 Å². The van der Waals surface area contributed by atoms with E-state index in [1.807, 2.05) is 6.92 Å². The van der Waals surface area contributed by atoms with Gasteiger partial charge in [-0.3, -0.25) is 4.79 Å². The van der Waals surface area contributed by atoms with Crippen molar-refractivity contribution in [2.45, 2.75) is 13.0 Å². The molecule has 19 heavy (non-hydrogen) atoms. The van der Waals surface area contributed by atoms with Gasteiger partial charge in [0.2, 0.25) is 0 Å². The molecule has 0 spiro atoms. The molecule has 1 aliphatic heterocycles. The van der Waals surface area contributed by atoms with E-state index >= 15 is 0 Å². The quantitative estimate of drug-likeness (QED) is 0.810. The molecule has 100 valence electrons. The first kappa shape index (κ1) is 12.1. The monoisotopic (exact) mass is 262 g/mol. The summed E-state index contributed by atoms with van der Waals surface area (Å²) in [5, 5.41) is 3.27. The van der Waals surface area contributed by atoms with Gasteiger partial charge in [0, 0.05) is 25.7 Å². The largest absolute Gasteiger partial charge is 0.344 e. The van der Waals surface area contributed by atoms with Gasteiger partial charge in [0.05, 0.1) is 17.4 Å². The molecule has 1 aromatic carbocycles. The van der Waals surface area contributed by atoms with Crippen LogP contribution in [0.1, 0.15) is 17.3 Å². The first-order valence-corrected chi connectivity index (χ1v) is 6.30. The summed E-state index contributed by atoms with van der Waals surface area (Å²) in [5.74, 6) is -0.590. The lowest BCUT2D eigenvalue weighted by atomic mass is 10.1. The smallest absolute Gasteiger partial charge is 0.256 e. The Morgan fingerprint density at radius 1 is 1.53 bits per heavy atom. The molecule has 2 heterocycles. The molecule has 0 aliphatic carbocycles.